The van der Waals surface area contributed by atoms with E-state index in [1.165, 1.54) is 12.7 Å². The molecule has 284 valence electrons. The van der Waals surface area contributed by atoms with Crippen molar-refractivity contribution in [3.63, 3.8) is 0 Å². The molecule has 0 amide bonds. The van der Waals surface area contributed by atoms with Gasteiger partial charge in [-0.2, -0.15) is 0 Å². The van der Waals surface area contributed by atoms with Gasteiger partial charge in [0.1, 0.15) is 22.8 Å². The van der Waals surface area contributed by atoms with Crippen LogP contribution in [-0.2, 0) is 25.5 Å². The number of hydrogen-bond acceptors (Lipinski definition) is 9. The number of para-hydroxylation sites is 1. The number of hydrogen-bond donors (Lipinski definition) is 1. The van der Waals surface area contributed by atoms with Crippen LogP contribution in [0, 0.1) is 17.8 Å². The summed E-state index contributed by atoms with van der Waals surface area (Å²) in [6.45, 7) is 16.2. The zero-order valence-electron chi connectivity index (χ0n) is 32.8. The lowest BCUT2D eigenvalue weighted by Crippen LogP contribution is -2.79. The predicted octanol–water partition coefficient (Wildman–Crippen LogP) is 9.43. The van der Waals surface area contributed by atoms with Crippen LogP contribution in [0.5, 0.6) is 17.2 Å². The van der Waals surface area contributed by atoms with Crippen LogP contribution >= 0.6 is 11.8 Å². The van der Waals surface area contributed by atoms with Crippen LogP contribution in [0.1, 0.15) is 97.8 Å². The molecule has 3 aliphatic carbocycles. The van der Waals surface area contributed by atoms with Gasteiger partial charge >= 0.3 is 5.97 Å². The summed E-state index contributed by atoms with van der Waals surface area (Å²) in [5, 5.41) is 12.3. The molecule has 7 atom stereocenters. The summed E-state index contributed by atoms with van der Waals surface area (Å²) in [6, 6.07) is 8.05. The quantitative estimate of drug-likeness (QED) is 0.162. The van der Waals surface area contributed by atoms with Crippen LogP contribution in [0.2, 0.25) is 0 Å². The van der Waals surface area contributed by atoms with Crippen molar-refractivity contribution in [2.24, 2.45) is 22.7 Å². The molecule has 1 saturated heterocycles. The summed E-state index contributed by atoms with van der Waals surface area (Å²) >= 11 is 1.69. The molecule has 7 unspecified atom stereocenters. The Balaban J connectivity index is 1.43. The maximum absolute atomic E-state index is 15.3. The molecule has 8 nitrogen and oxygen atoms in total. The Labute approximate surface area is 322 Å². The van der Waals surface area contributed by atoms with Gasteiger partial charge in [0.25, 0.3) is 0 Å². The monoisotopic (exact) mass is 749 g/mol. The van der Waals surface area contributed by atoms with E-state index < -0.39 is 34.3 Å². The zero-order chi connectivity index (χ0) is 38.5. The van der Waals surface area contributed by atoms with E-state index in [4.69, 9.17) is 23.9 Å². The van der Waals surface area contributed by atoms with E-state index in [0.717, 1.165) is 34.6 Å². The number of benzene rings is 2. The van der Waals surface area contributed by atoms with Crippen LogP contribution in [0.4, 0.5) is 5.69 Å². The van der Waals surface area contributed by atoms with Gasteiger partial charge in [0.2, 0.25) is 0 Å². The van der Waals surface area contributed by atoms with Crippen LogP contribution in [0.15, 0.2) is 75.2 Å². The number of phenolic OH excluding ortho intramolecular Hbond substituents is 1. The molecule has 9 heteroatoms. The smallest absolute Gasteiger partial charge is 0.333 e. The number of thioether (sulfide) groups is 1. The van der Waals surface area contributed by atoms with Crippen molar-refractivity contribution in [2.45, 2.75) is 120 Å². The van der Waals surface area contributed by atoms with E-state index in [9.17, 15) is 9.90 Å². The fourth-order valence-electron chi connectivity index (χ4n) is 10.1. The summed E-state index contributed by atoms with van der Waals surface area (Å²) in [6.07, 6.45) is 13.0. The number of methoxy groups -OCH3 is 1. The number of ketones is 1. The maximum Gasteiger partial charge on any atom is 0.333 e. The molecule has 9 rings (SSSR count). The lowest BCUT2D eigenvalue weighted by atomic mass is 9.46. The molecule has 4 fully saturated rings. The topological polar surface area (TPSA) is 104 Å². The third-order valence-electron chi connectivity index (χ3n) is 12.6. The van der Waals surface area contributed by atoms with Crippen molar-refractivity contribution in [3.8, 4) is 17.2 Å². The summed E-state index contributed by atoms with van der Waals surface area (Å²) < 4.78 is 26.9. The average Bonchev–Trinajstić information content (AvgIpc) is 3.20. The number of nitrogens with zero attached hydrogens (tertiary/aromatic N) is 1. The highest BCUT2D eigenvalue weighted by atomic mass is 32.2. The first-order chi connectivity index (χ1) is 25.6. The number of carbonyl (C=O) groups excluding carboxylic acids is 2. The Hall–Kier alpha value is -4.08. The van der Waals surface area contributed by atoms with Crippen molar-refractivity contribution < 1.29 is 33.6 Å². The second-order valence-electron chi connectivity index (χ2n) is 17.1. The molecule has 1 spiro atoms. The molecule has 4 bridgehead atoms. The highest BCUT2D eigenvalue weighted by molar-refractivity contribution is 8.00. The second kappa shape index (κ2) is 12.7. The number of fused-ring (bicyclic) bond motifs is 4. The van der Waals surface area contributed by atoms with Gasteiger partial charge in [-0.25, -0.2) is 4.79 Å². The Morgan fingerprint density at radius 1 is 1.04 bits per heavy atom. The van der Waals surface area contributed by atoms with Gasteiger partial charge in [-0.3, -0.25) is 9.79 Å². The first kappa shape index (κ1) is 36.9. The highest BCUT2D eigenvalue weighted by Crippen LogP contribution is 2.73. The summed E-state index contributed by atoms with van der Waals surface area (Å²) in [5.41, 5.74) is 2.23. The number of phenols is 1. The van der Waals surface area contributed by atoms with Crippen molar-refractivity contribution in [1.82, 2.24) is 0 Å². The van der Waals surface area contributed by atoms with Crippen molar-refractivity contribution in [1.29, 1.82) is 0 Å². The fourth-order valence-corrected chi connectivity index (χ4v) is 11.7. The van der Waals surface area contributed by atoms with Gasteiger partial charge in [0.05, 0.1) is 41.2 Å². The molecule has 0 aromatic heterocycles. The lowest BCUT2D eigenvalue weighted by molar-refractivity contribution is -0.196. The summed E-state index contributed by atoms with van der Waals surface area (Å²) in [7, 11) is 1.36. The summed E-state index contributed by atoms with van der Waals surface area (Å²) in [4.78, 5) is 34.5. The highest BCUT2D eigenvalue weighted by Gasteiger charge is 2.85. The van der Waals surface area contributed by atoms with E-state index in [0.29, 0.717) is 46.8 Å². The molecule has 4 aliphatic heterocycles. The molecule has 0 radical (unpaired) electrons. The molecule has 54 heavy (non-hydrogen) atoms. The Morgan fingerprint density at radius 2 is 1.78 bits per heavy atom. The molecule has 1 N–H and O–H groups in total. The van der Waals surface area contributed by atoms with Crippen molar-refractivity contribution in [2.75, 3.05) is 7.11 Å². The maximum atomic E-state index is 15.3. The number of ether oxygens (including phenoxy) is 4. The van der Waals surface area contributed by atoms with Crippen molar-refractivity contribution >= 4 is 41.0 Å². The third kappa shape index (κ3) is 5.24. The Kier molecular flexibility index (Phi) is 8.70. The van der Waals surface area contributed by atoms with Gasteiger partial charge < -0.3 is 24.1 Å². The number of aliphatic imine (C=N–C) groups is 1. The number of carbonyl (C=O) groups is 2. The van der Waals surface area contributed by atoms with Gasteiger partial charge in [0, 0.05) is 39.5 Å². The fraction of sp³-hybridized carbons (Fsp3) is 0.489. The van der Waals surface area contributed by atoms with Crippen LogP contribution in [-0.4, -0.2) is 57.3 Å². The predicted molar refractivity (Wildman–Crippen MR) is 212 cm³/mol. The van der Waals surface area contributed by atoms with Crippen LogP contribution in [0.25, 0.3) is 6.08 Å². The van der Waals surface area contributed by atoms with E-state index in [2.05, 4.69) is 72.8 Å². The number of Topliss-reactive ketones (excluding diaryl/α,β-unsaturated/α-hetero) is 1. The Bertz CT molecular complexity index is 2130. The molecular formula is C45H51NO7S. The molecule has 7 aliphatic rings. The Morgan fingerprint density at radius 3 is 2.50 bits per heavy atom. The van der Waals surface area contributed by atoms with Gasteiger partial charge in [-0.1, -0.05) is 41.5 Å². The van der Waals surface area contributed by atoms with Crippen molar-refractivity contribution in [3.05, 3.63) is 82.0 Å². The minimum absolute atomic E-state index is 0.00627. The number of allylic oxidation sites excluding steroid dienone is 4. The van der Waals surface area contributed by atoms with Gasteiger partial charge in [-0.15, -0.1) is 11.8 Å². The van der Waals surface area contributed by atoms with Crippen LogP contribution < -0.4 is 9.47 Å². The second-order valence-corrected chi connectivity index (χ2v) is 18.3. The third-order valence-corrected chi connectivity index (χ3v) is 14.1. The van der Waals surface area contributed by atoms with E-state index in [1.807, 2.05) is 24.3 Å². The van der Waals surface area contributed by atoms with E-state index in [-0.39, 0.29) is 35.0 Å². The molecule has 2 aromatic carbocycles. The molecule has 4 heterocycles. The minimum atomic E-state index is -1.44. The van der Waals surface area contributed by atoms with Crippen LogP contribution in [0.3, 0.4) is 0 Å². The van der Waals surface area contributed by atoms with Gasteiger partial charge in [-0.05, 0) is 105 Å². The van der Waals surface area contributed by atoms with E-state index in [1.54, 1.807) is 24.8 Å². The minimum Gasteiger partial charge on any atom is -0.506 e. The standard InChI is InChI=1S/C45H51NO7S/c1-24(2)13-12-20-43(8)21-19-27-36(47)33-35-34-39(54-31-15-11-10-14-30(31)46-35)29-23-32-42(6,7)53-44(40(29)48,22-18-26(5)41(49)50-9)45(32,34)52-38(33)28(37(27)51-43)17-16-25(3)4/h10-11,13-16,18-19,21,29,32,34,39,47H,12,17,20,22-23H2,1-9H3. The molecule has 3 saturated carbocycles. The number of esters is 1. The molecule has 2 aromatic rings. The SMILES string of the molecule is COC(=O)C(C)=CCC12OC(C)(C)C3CC(C1=O)C1Sc4ccccc4N=C4c5c(O)c6c(c(CC=C(C)C)c5OC32C41)OC(C)(CCC=C(C)C)C=C6. The number of rotatable bonds is 8. The molecular weight excluding hydrogens is 699 g/mol. The normalized spacial score (nSPS) is 31.8. The number of aromatic hydroxyl groups is 1. The average molecular weight is 750 g/mol. The van der Waals surface area contributed by atoms with E-state index >= 15 is 4.79 Å². The first-order valence-corrected chi connectivity index (χ1v) is 20.1. The lowest BCUT2D eigenvalue weighted by Gasteiger charge is -2.63. The largest absolute Gasteiger partial charge is 0.506 e. The zero-order valence-corrected chi connectivity index (χ0v) is 33.6. The summed E-state index contributed by atoms with van der Waals surface area (Å²) in [5.74, 6) is -0.311. The first-order valence-electron chi connectivity index (χ1n) is 19.2. The van der Waals surface area contributed by atoms with Gasteiger partial charge in [0.15, 0.2) is 17.0 Å².